The summed E-state index contributed by atoms with van der Waals surface area (Å²) in [5.41, 5.74) is -0.916. The highest BCUT2D eigenvalue weighted by Gasteiger charge is 2.44. The van der Waals surface area contributed by atoms with E-state index in [4.69, 9.17) is 0 Å². The van der Waals surface area contributed by atoms with Crippen LogP contribution in [-0.2, 0) is 4.79 Å². The minimum Gasteiger partial charge on any atom is -0.313 e. The van der Waals surface area contributed by atoms with E-state index in [1.165, 1.54) is 16.5 Å². The zero-order valence-electron chi connectivity index (χ0n) is 16.2. The van der Waals surface area contributed by atoms with Crippen molar-refractivity contribution in [2.24, 2.45) is 0 Å². The van der Waals surface area contributed by atoms with Gasteiger partial charge >= 0.3 is 0 Å². The van der Waals surface area contributed by atoms with Gasteiger partial charge in [0.25, 0.3) is 0 Å². The number of nitrogens with zero attached hydrogens (tertiary/aromatic N) is 2. The van der Waals surface area contributed by atoms with Gasteiger partial charge in [0, 0.05) is 35.0 Å². The highest BCUT2D eigenvalue weighted by Crippen LogP contribution is 2.36. The average molecular weight is 328 g/mol. The summed E-state index contributed by atoms with van der Waals surface area (Å²) in [6.45, 7) is 15.9. The Balaban J connectivity index is 0.000000231. The van der Waals surface area contributed by atoms with Crippen molar-refractivity contribution in [3.05, 3.63) is 0 Å². The number of hydrogen-bond acceptors (Lipinski definition) is 5. The topological polar surface area (TPSA) is 64.0 Å². The Morgan fingerprint density at radius 2 is 1.00 bits per heavy atom. The van der Waals surface area contributed by atoms with Crippen LogP contribution in [0.1, 0.15) is 87.5 Å². The first-order valence-electron chi connectivity index (χ1n) is 8.62. The molecule has 2 aliphatic heterocycles. The number of ketones is 1. The van der Waals surface area contributed by atoms with Crippen LogP contribution < -0.4 is 0 Å². The molecule has 2 aliphatic rings. The molecule has 0 spiro atoms. The van der Waals surface area contributed by atoms with Crippen molar-refractivity contribution >= 4 is 5.78 Å². The van der Waals surface area contributed by atoms with Crippen molar-refractivity contribution in [1.82, 2.24) is 10.1 Å². The van der Waals surface area contributed by atoms with Gasteiger partial charge in [-0.3, -0.25) is 4.79 Å². The molecule has 0 saturated carbocycles. The maximum Gasteiger partial charge on any atom is 0.136 e. The molecule has 5 nitrogen and oxygen atoms in total. The van der Waals surface area contributed by atoms with E-state index < -0.39 is 11.1 Å². The maximum absolute atomic E-state index is 11.3. The van der Waals surface area contributed by atoms with E-state index in [1.807, 2.05) is 27.7 Å². The molecule has 0 aliphatic carbocycles. The van der Waals surface area contributed by atoms with Crippen molar-refractivity contribution in [1.29, 1.82) is 0 Å². The minimum atomic E-state index is -0.418. The number of carbonyl (C=O) groups is 1. The van der Waals surface area contributed by atoms with Gasteiger partial charge < -0.3 is 10.4 Å². The van der Waals surface area contributed by atoms with Crippen LogP contribution in [0.25, 0.3) is 0 Å². The molecule has 5 heteroatoms. The lowest BCUT2D eigenvalue weighted by Crippen LogP contribution is -2.59. The first-order valence-corrected chi connectivity index (χ1v) is 8.62. The molecule has 136 valence electrons. The lowest BCUT2D eigenvalue weighted by molar-refractivity contribution is -0.241. The Morgan fingerprint density at radius 3 is 1.30 bits per heavy atom. The highest BCUT2D eigenvalue weighted by atomic mass is 16.5. The maximum atomic E-state index is 11.3. The largest absolute Gasteiger partial charge is 0.313 e. The number of hydroxylamine groups is 4. The third-order valence-electron chi connectivity index (χ3n) is 5.13. The molecule has 0 radical (unpaired) electrons. The van der Waals surface area contributed by atoms with Gasteiger partial charge in [-0.15, -0.1) is 0 Å². The van der Waals surface area contributed by atoms with Crippen molar-refractivity contribution in [2.45, 2.75) is 110 Å². The predicted octanol–water partition coefficient (Wildman–Crippen LogP) is 4.02. The standard InChI is InChI=1S/C9H17NO2.C9H19NO/c1-8(2)5-7(11)6-9(3,4)10(8)12;1-8(2)6-5-7-9(3,4)10(8)11/h12H,5-6H2,1-4H3;11H,5-7H2,1-4H3. The number of rotatable bonds is 0. The van der Waals surface area contributed by atoms with Crippen LogP contribution >= 0.6 is 0 Å². The molecule has 0 atom stereocenters. The molecule has 23 heavy (non-hydrogen) atoms. The number of Topliss-reactive ketones (excluding diaryl/α,β-unsaturated/α-hetero) is 1. The fourth-order valence-corrected chi connectivity index (χ4v) is 3.98. The fourth-order valence-electron chi connectivity index (χ4n) is 3.98. The quantitative estimate of drug-likeness (QED) is 0.703. The summed E-state index contributed by atoms with van der Waals surface area (Å²) in [4.78, 5) is 11.3. The monoisotopic (exact) mass is 328 g/mol. The van der Waals surface area contributed by atoms with Gasteiger partial charge in [-0.1, -0.05) is 0 Å². The molecular formula is C18H36N2O3. The number of carbonyl (C=O) groups excluding carboxylic acids is 1. The second kappa shape index (κ2) is 6.43. The summed E-state index contributed by atoms with van der Waals surface area (Å²) in [6, 6.07) is 0. The Labute approximate surface area is 141 Å². The Morgan fingerprint density at radius 1 is 0.696 bits per heavy atom. The Kier molecular flexibility index (Phi) is 5.75. The van der Waals surface area contributed by atoms with Crippen LogP contribution in [0.5, 0.6) is 0 Å². The van der Waals surface area contributed by atoms with Gasteiger partial charge in [-0.25, -0.2) is 0 Å². The molecule has 2 N–H and O–H groups in total. The number of piperidine rings is 2. The molecule has 0 aromatic heterocycles. The smallest absolute Gasteiger partial charge is 0.136 e. The van der Waals surface area contributed by atoms with Crippen LogP contribution in [-0.4, -0.2) is 48.5 Å². The van der Waals surface area contributed by atoms with Crippen LogP contribution in [0.3, 0.4) is 0 Å². The number of hydrogen-bond donors (Lipinski definition) is 2. The zero-order valence-corrected chi connectivity index (χ0v) is 16.2. The van der Waals surface area contributed by atoms with E-state index in [-0.39, 0.29) is 16.9 Å². The predicted molar refractivity (Wildman–Crippen MR) is 91.7 cm³/mol. The van der Waals surface area contributed by atoms with Crippen molar-refractivity contribution in [2.75, 3.05) is 0 Å². The van der Waals surface area contributed by atoms with E-state index in [0.717, 1.165) is 12.8 Å². The average Bonchev–Trinajstić information content (AvgIpc) is 2.32. The van der Waals surface area contributed by atoms with Gasteiger partial charge in [0.1, 0.15) is 5.78 Å². The molecule has 0 aromatic carbocycles. The van der Waals surface area contributed by atoms with E-state index in [1.54, 1.807) is 0 Å². The summed E-state index contributed by atoms with van der Waals surface area (Å²) in [7, 11) is 0. The molecular weight excluding hydrogens is 292 g/mol. The normalized spacial score (nSPS) is 29.6. The van der Waals surface area contributed by atoms with Crippen molar-refractivity contribution in [3.63, 3.8) is 0 Å². The van der Waals surface area contributed by atoms with Crippen LogP contribution in [0.2, 0.25) is 0 Å². The second-order valence-corrected chi connectivity index (χ2v) is 9.62. The van der Waals surface area contributed by atoms with Gasteiger partial charge in [0.2, 0.25) is 0 Å². The SMILES string of the molecule is CC1(C)CC(=O)CC(C)(C)N1O.CC1(C)CCCC(C)(C)N1O. The highest BCUT2D eigenvalue weighted by molar-refractivity contribution is 5.81. The minimum absolute atomic E-state index is 0.0399. The molecule has 2 fully saturated rings. The van der Waals surface area contributed by atoms with Crippen molar-refractivity contribution in [3.8, 4) is 0 Å². The summed E-state index contributed by atoms with van der Waals surface area (Å²) in [6.07, 6.45) is 4.27. The first-order chi connectivity index (χ1) is 10.1. The second-order valence-electron chi connectivity index (χ2n) is 9.62. The molecule has 0 aromatic rings. The Hall–Kier alpha value is -0.490. The van der Waals surface area contributed by atoms with E-state index >= 15 is 0 Å². The summed E-state index contributed by atoms with van der Waals surface area (Å²) in [5, 5.41) is 22.4. The molecule has 0 unspecified atom stereocenters. The van der Waals surface area contributed by atoms with Crippen LogP contribution in [0, 0.1) is 0 Å². The lowest BCUT2D eigenvalue weighted by Gasteiger charge is -2.48. The van der Waals surface area contributed by atoms with E-state index in [2.05, 4.69) is 27.7 Å². The molecule has 0 bridgehead atoms. The molecule has 2 heterocycles. The molecule has 2 rings (SSSR count). The van der Waals surface area contributed by atoms with Crippen LogP contribution in [0.4, 0.5) is 0 Å². The lowest BCUT2D eigenvalue weighted by atomic mass is 9.81. The third-order valence-corrected chi connectivity index (χ3v) is 5.13. The van der Waals surface area contributed by atoms with Crippen LogP contribution in [0.15, 0.2) is 0 Å². The molecule has 2 saturated heterocycles. The van der Waals surface area contributed by atoms with Gasteiger partial charge in [0.05, 0.1) is 0 Å². The Bertz CT molecular complexity index is 406. The summed E-state index contributed by atoms with van der Waals surface area (Å²) < 4.78 is 0. The van der Waals surface area contributed by atoms with E-state index in [0.29, 0.717) is 12.8 Å². The van der Waals surface area contributed by atoms with Gasteiger partial charge in [-0.05, 0) is 74.7 Å². The first kappa shape index (κ1) is 20.6. The van der Waals surface area contributed by atoms with E-state index in [9.17, 15) is 15.2 Å². The molecule has 0 amide bonds. The third kappa shape index (κ3) is 4.75. The van der Waals surface area contributed by atoms with Gasteiger partial charge in [-0.2, -0.15) is 10.1 Å². The summed E-state index contributed by atoms with van der Waals surface area (Å²) >= 11 is 0. The summed E-state index contributed by atoms with van der Waals surface area (Å²) in [5.74, 6) is 0.232. The zero-order chi connectivity index (χ0) is 18.3. The van der Waals surface area contributed by atoms with Crippen molar-refractivity contribution < 1.29 is 15.2 Å². The fraction of sp³-hybridized carbons (Fsp3) is 0.944. The van der Waals surface area contributed by atoms with Gasteiger partial charge in [0.15, 0.2) is 0 Å².